The van der Waals surface area contributed by atoms with Gasteiger partial charge in [-0.2, -0.15) is 12.6 Å². The SMILES string of the molecule is CCCCCCCCCCCCC(N)(CC)C(O)(O)OS(=O)(=O)O. The van der Waals surface area contributed by atoms with Crippen molar-refractivity contribution in [1.82, 2.24) is 0 Å². The molecule has 24 heavy (non-hydrogen) atoms. The molecule has 0 aromatic rings. The maximum absolute atomic E-state index is 10.7. The van der Waals surface area contributed by atoms with Gasteiger partial charge < -0.3 is 15.9 Å². The van der Waals surface area contributed by atoms with Gasteiger partial charge in [0.25, 0.3) is 0 Å². The van der Waals surface area contributed by atoms with E-state index in [1.807, 2.05) is 0 Å². The van der Waals surface area contributed by atoms with E-state index < -0.39 is 21.9 Å². The molecule has 0 spiro atoms. The Kier molecular flexibility index (Phi) is 11.3. The summed E-state index contributed by atoms with van der Waals surface area (Å²) >= 11 is 0. The van der Waals surface area contributed by atoms with Crippen LogP contribution in [0, 0.1) is 0 Å². The van der Waals surface area contributed by atoms with Gasteiger partial charge in [-0.1, -0.05) is 78.1 Å². The first-order valence-corrected chi connectivity index (χ1v) is 10.4. The molecule has 0 fully saturated rings. The van der Waals surface area contributed by atoms with Crippen molar-refractivity contribution in [3.8, 4) is 0 Å². The molecule has 0 heterocycles. The van der Waals surface area contributed by atoms with Gasteiger partial charge in [0.2, 0.25) is 0 Å². The molecule has 0 rings (SSSR count). The maximum Gasteiger partial charge on any atom is 0.402 e. The molecule has 0 radical (unpaired) electrons. The largest absolute Gasteiger partial charge is 0.402 e. The molecule has 0 aliphatic heterocycles. The summed E-state index contributed by atoms with van der Waals surface area (Å²) < 4.78 is 34.0. The first kappa shape index (κ1) is 23.8. The fourth-order valence-corrected chi connectivity index (χ4v) is 3.19. The second-order valence-electron chi connectivity index (χ2n) is 6.56. The van der Waals surface area contributed by atoms with Crippen LogP contribution in [0.1, 0.15) is 90.9 Å². The minimum atomic E-state index is -5.01. The van der Waals surface area contributed by atoms with E-state index in [4.69, 9.17) is 10.3 Å². The van der Waals surface area contributed by atoms with E-state index in [1.54, 1.807) is 6.92 Å². The van der Waals surface area contributed by atoms with Gasteiger partial charge in [-0.15, -0.1) is 0 Å². The van der Waals surface area contributed by atoms with Crippen LogP contribution in [0.2, 0.25) is 0 Å². The van der Waals surface area contributed by atoms with Crippen LogP contribution in [0.25, 0.3) is 0 Å². The van der Waals surface area contributed by atoms with Crippen LogP contribution in [0.3, 0.4) is 0 Å². The zero-order chi connectivity index (χ0) is 18.7. The lowest BCUT2D eigenvalue weighted by Crippen LogP contribution is -2.62. The predicted molar refractivity (Wildman–Crippen MR) is 93.5 cm³/mol. The lowest BCUT2D eigenvalue weighted by Gasteiger charge is -2.38. The highest BCUT2D eigenvalue weighted by Crippen LogP contribution is 2.29. The van der Waals surface area contributed by atoms with Gasteiger partial charge in [-0.05, 0) is 12.8 Å². The molecule has 0 aliphatic carbocycles. The number of nitrogens with two attached hydrogens (primary N) is 1. The van der Waals surface area contributed by atoms with Gasteiger partial charge in [0.1, 0.15) is 0 Å². The quantitative estimate of drug-likeness (QED) is 0.198. The molecule has 0 aromatic heterocycles. The van der Waals surface area contributed by atoms with Crippen molar-refractivity contribution >= 4 is 10.4 Å². The number of hydrogen-bond donors (Lipinski definition) is 4. The average Bonchev–Trinajstić information content (AvgIpc) is 2.46. The van der Waals surface area contributed by atoms with Gasteiger partial charge in [-0.3, -0.25) is 4.55 Å². The smallest absolute Gasteiger partial charge is 0.341 e. The van der Waals surface area contributed by atoms with Crippen molar-refractivity contribution in [1.29, 1.82) is 0 Å². The summed E-state index contributed by atoms with van der Waals surface area (Å²) in [7, 11) is -5.01. The summed E-state index contributed by atoms with van der Waals surface area (Å²) in [6.07, 6.45) is 11.5. The first-order chi connectivity index (χ1) is 11.1. The molecule has 5 N–H and O–H groups in total. The van der Waals surface area contributed by atoms with Crippen LogP contribution in [0.4, 0.5) is 0 Å². The van der Waals surface area contributed by atoms with Gasteiger partial charge in [0, 0.05) is 0 Å². The maximum atomic E-state index is 10.7. The average molecular weight is 370 g/mol. The standard InChI is InChI=1S/C16H35NO6S/c1-3-5-6-7-8-9-10-11-12-13-14-15(17,4-2)16(18,19)23-24(20,21)22/h18-19H,3-14,17H2,1-2H3,(H,20,21,22). The Morgan fingerprint density at radius 2 is 1.29 bits per heavy atom. The molecular weight excluding hydrogens is 334 g/mol. The Balaban J connectivity index is 4.04. The van der Waals surface area contributed by atoms with E-state index >= 15 is 0 Å². The van der Waals surface area contributed by atoms with Crippen molar-refractivity contribution in [3.63, 3.8) is 0 Å². The van der Waals surface area contributed by atoms with Crippen LogP contribution in [0.5, 0.6) is 0 Å². The Bertz CT molecular complexity index is 426. The third-order valence-corrected chi connectivity index (χ3v) is 4.92. The third-order valence-electron chi connectivity index (χ3n) is 4.48. The molecule has 146 valence electrons. The fourth-order valence-electron chi connectivity index (χ4n) is 2.73. The summed E-state index contributed by atoms with van der Waals surface area (Å²) in [5.41, 5.74) is 4.23. The summed E-state index contributed by atoms with van der Waals surface area (Å²) in [5, 5.41) is 19.6. The van der Waals surface area contributed by atoms with Crippen molar-refractivity contribution in [2.45, 2.75) is 102 Å². The van der Waals surface area contributed by atoms with Gasteiger partial charge in [-0.25, -0.2) is 0 Å². The molecule has 1 atom stereocenters. The molecule has 0 saturated heterocycles. The molecule has 7 nitrogen and oxygen atoms in total. The molecule has 0 amide bonds. The Morgan fingerprint density at radius 1 is 0.875 bits per heavy atom. The Hall–Kier alpha value is -0.250. The molecule has 8 heteroatoms. The number of hydrogen-bond acceptors (Lipinski definition) is 6. The summed E-state index contributed by atoms with van der Waals surface area (Å²) in [4.78, 5) is 0. The van der Waals surface area contributed by atoms with Crippen molar-refractivity contribution in [3.05, 3.63) is 0 Å². The highest BCUT2D eigenvalue weighted by Gasteiger charge is 2.49. The molecular formula is C16H35NO6S. The lowest BCUT2D eigenvalue weighted by atomic mass is 9.87. The summed E-state index contributed by atoms with van der Waals surface area (Å²) in [5.74, 6) is -3.13. The zero-order valence-electron chi connectivity index (χ0n) is 15.0. The Morgan fingerprint density at radius 3 is 1.67 bits per heavy atom. The number of unbranched alkanes of at least 4 members (excludes halogenated alkanes) is 9. The van der Waals surface area contributed by atoms with E-state index in [2.05, 4.69) is 11.1 Å². The van der Waals surface area contributed by atoms with Gasteiger partial charge in [0.05, 0.1) is 5.54 Å². The van der Waals surface area contributed by atoms with E-state index in [9.17, 15) is 18.6 Å². The second kappa shape index (κ2) is 11.4. The lowest BCUT2D eigenvalue weighted by molar-refractivity contribution is -0.332. The van der Waals surface area contributed by atoms with Crippen LogP contribution in [0.15, 0.2) is 0 Å². The summed E-state index contributed by atoms with van der Waals surface area (Å²) in [6, 6.07) is 0. The molecule has 1 unspecified atom stereocenters. The minimum Gasteiger partial charge on any atom is -0.341 e. The van der Waals surface area contributed by atoms with E-state index in [0.717, 1.165) is 19.3 Å². The van der Waals surface area contributed by atoms with Gasteiger partial charge in [0.15, 0.2) is 0 Å². The van der Waals surface area contributed by atoms with E-state index in [0.29, 0.717) is 6.42 Å². The van der Waals surface area contributed by atoms with Crippen molar-refractivity contribution in [2.75, 3.05) is 0 Å². The normalized spacial score (nSPS) is 15.4. The molecule has 0 aliphatic rings. The van der Waals surface area contributed by atoms with Crippen molar-refractivity contribution < 1.29 is 27.4 Å². The molecule has 0 saturated carbocycles. The van der Waals surface area contributed by atoms with Gasteiger partial charge >= 0.3 is 16.4 Å². The highest BCUT2D eigenvalue weighted by atomic mass is 32.3. The zero-order valence-corrected chi connectivity index (χ0v) is 15.9. The minimum absolute atomic E-state index is 0.0902. The first-order valence-electron chi connectivity index (χ1n) is 8.99. The fraction of sp³-hybridized carbons (Fsp3) is 1.00. The van der Waals surface area contributed by atoms with E-state index in [1.165, 1.54) is 38.5 Å². The van der Waals surface area contributed by atoms with E-state index in [-0.39, 0.29) is 12.8 Å². The Labute approximate surface area is 146 Å². The third kappa shape index (κ3) is 9.90. The highest BCUT2D eigenvalue weighted by molar-refractivity contribution is 7.80. The molecule has 0 aromatic carbocycles. The molecule has 0 bridgehead atoms. The summed E-state index contributed by atoms with van der Waals surface area (Å²) in [6.45, 7) is 3.80. The number of rotatable bonds is 15. The topological polar surface area (TPSA) is 130 Å². The monoisotopic (exact) mass is 369 g/mol. The van der Waals surface area contributed by atoms with Crippen LogP contribution in [-0.4, -0.2) is 34.7 Å². The second-order valence-corrected chi connectivity index (χ2v) is 7.58. The predicted octanol–water partition coefficient (Wildman–Crippen LogP) is 2.86. The van der Waals surface area contributed by atoms with Crippen LogP contribution in [-0.2, 0) is 14.6 Å². The number of aliphatic hydroxyl groups is 2. The van der Waals surface area contributed by atoms with Crippen molar-refractivity contribution in [2.24, 2.45) is 5.73 Å². The van der Waals surface area contributed by atoms with Crippen LogP contribution >= 0.6 is 0 Å². The van der Waals surface area contributed by atoms with Crippen LogP contribution < -0.4 is 5.73 Å².